The number of hydrogen-bond donors (Lipinski definition) is 3. The van der Waals surface area contributed by atoms with Crippen LogP contribution in [0, 0.1) is 12.7 Å². The molecular weight excluding hydrogens is 273 g/mol. The van der Waals surface area contributed by atoms with Crippen LogP contribution in [-0.4, -0.2) is 23.4 Å². The van der Waals surface area contributed by atoms with E-state index in [0.29, 0.717) is 5.69 Å². The van der Waals surface area contributed by atoms with Crippen molar-refractivity contribution in [2.24, 2.45) is 0 Å². The molecule has 0 aliphatic carbocycles. The number of hydrogen-bond acceptors (Lipinski definition) is 3. The van der Waals surface area contributed by atoms with Crippen LogP contribution in [0.25, 0.3) is 0 Å². The van der Waals surface area contributed by atoms with Crippen molar-refractivity contribution in [3.63, 3.8) is 0 Å². The summed E-state index contributed by atoms with van der Waals surface area (Å²) in [6.45, 7) is 8.56. The van der Waals surface area contributed by atoms with Crippen molar-refractivity contribution < 1.29 is 14.0 Å². The molecule has 0 spiro atoms. The number of amides is 2. The molecule has 1 unspecified atom stereocenters. The minimum Gasteiger partial charge on any atom is -0.399 e. The number of halogens is 1. The molecule has 0 radical (unpaired) electrons. The van der Waals surface area contributed by atoms with Crippen molar-refractivity contribution >= 4 is 17.5 Å². The number of nitrogen functional groups attached to an aromatic ring is 1. The van der Waals surface area contributed by atoms with Crippen LogP contribution in [0.1, 0.15) is 43.6 Å². The zero-order valence-corrected chi connectivity index (χ0v) is 13.0. The molecule has 21 heavy (non-hydrogen) atoms. The molecule has 0 aromatic heterocycles. The number of carbonyl (C=O) groups excluding carboxylic acids is 2. The lowest BCUT2D eigenvalue weighted by atomic mass is 10.1. The van der Waals surface area contributed by atoms with Gasteiger partial charge in [0.1, 0.15) is 11.9 Å². The fourth-order valence-electron chi connectivity index (χ4n) is 1.78. The van der Waals surface area contributed by atoms with Gasteiger partial charge in [-0.3, -0.25) is 9.59 Å². The Hall–Kier alpha value is -2.11. The highest BCUT2D eigenvalue weighted by Gasteiger charge is 2.23. The van der Waals surface area contributed by atoms with E-state index in [2.05, 4.69) is 10.6 Å². The molecule has 5 nitrogen and oxygen atoms in total. The van der Waals surface area contributed by atoms with Gasteiger partial charge >= 0.3 is 0 Å². The second kappa shape index (κ2) is 6.11. The van der Waals surface area contributed by atoms with Gasteiger partial charge in [-0.25, -0.2) is 4.39 Å². The van der Waals surface area contributed by atoms with Crippen LogP contribution in [0.4, 0.5) is 10.1 Å². The van der Waals surface area contributed by atoms with Gasteiger partial charge in [0.2, 0.25) is 5.91 Å². The van der Waals surface area contributed by atoms with E-state index >= 15 is 0 Å². The minimum absolute atomic E-state index is 0.164. The average Bonchev–Trinajstić information content (AvgIpc) is 2.31. The Labute approximate surface area is 124 Å². The average molecular weight is 295 g/mol. The molecule has 6 heteroatoms. The zero-order valence-electron chi connectivity index (χ0n) is 13.0. The van der Waals surface area contributed by atoms with Crippen molar-refractivity contribution in [3.8, 4) is 0 Å². The third-order valence-electron chi connectivity index (χ3n) is 2.76. The van der Waals surface area contributed by atoms with Crippen molar-refractivity contribution in [2.45, 2.75) is 46.2 Å². The summed E-state index contributed by atoms with van der Waals surface area (Å²) in [6.07, 6.45) is 0. The van der Waals surface area contributed by atoms with Gasteiger partial charge in [-0.05, 0) is 52.3 Å². The summed E-state index contributed by atoms with van der Waals surface area (Å²) in [6, 6.07) is 1.92. The molecule has 0 aliphatic rings. The van der Waals surface area contributed by atoms with Crippen LogP contribution >= 0.6 is 0 Å². The maximum absolute atomic E-state index is 13.9. The summed E-state index contributed by atoms with van der Waals surface area (Å²) in [5, 5.41) is 5.21. The lowest BCUT2D eigenvalue weighted by molar-refractivity contribution is -0.124. The maximum atomic E-state index is 13.9. The van der Waals surface area contributed by atoms with Crippen molar-refractivity contribution in [1.82, 2.24) is 10.6 Å². The van der Waals surface area contributed by atoms with Gasteiger partial charge < -0.3 is 16.4 Å². The smallest absolute Gasteiger partial charge is 0.254 e. The largest absolute Gasteiger partial charge is 0.399 e. The van der Waals surface area contributed by atoms with E-state index in [9.17, 15) is 14.0 Å². The van der Waals surface area contributed by atoms with E-state index in [4.69, 9.17) is 5.73 Å². The standard InChI is InChI=1S/C15H22FN3O2/c1-8-6-10(17)7-11(12(8)16)14(21)18-9(2)13(20)19-15(3,4)5/h6-7,9H,17H2,1-5H3,(H,18,21)(H,19,20). The number of carbonyl (C=O) groups is 2. The van der Waals surface area contributed by atoms with Gasteiger partial charge in [0.25, 0.3) is 5.91 Å². The van der Waals surface area contributed by atoms with E-state index in [1.54, 1.807) is 0 Å². The molecule has 116 valence electrons. The molecule has 0 aliphatic heterocycles. The second-order valence-corrected chi connectivity index (χ2v) is 6.13. The molecule has 0 bridgehead atoms. The van der Waals surface area contributed by atoms with Crippen molar-refractivity contribution in [1.29, 1.82) is 0 Å². The van der Waals surface area contributed by atoms with Gasteiger partial charge in [0.05, 0.1) is 5.56 Å². The highest BCUT2D eigenvalue weighted by molar-refractivity contribution is 5.98. The monoisotopic (exact) mass is 295 g/mol. The third-order valence-corrected chi connectivity index (χ3v) is 2.76. The molecule has 4 N–H and O–H groups in total. The zero-order chi connectivity index (χ0) is 16.4. The fraction of sp³-hybridized carbons (Fsp3) is 0.467. The van der Waals surface area contributed by atoms with E-state index in [-0.39, 0.29) is 17.0 Å². The molecule has 0 fully saturated rings. The van der Waals surface area contributed by atoms with Gasteiger partial charge in [-0.1, -0.05) is 0 Å². The molecule has 0 saturated heterocycles. The Balaban J connectivity index is 2.85. The Morgan fingerprint density at radius 2 is 1.86 bits per heavy atom. The van der Waals surface area contributed by atoms with Crippen LogP contribution in [0.15, 0.2) is 12.1 Å². The van der Waals surface area contributed by atoms with Crippen LogP contribution in [-0.2, 0) is 4.79 Å². The normalized spacial score (nSPS) is 12.7. The van der Waals surface area contributed by atoms with E-state index < -0.39 is 23.3 Å². The predicted octanol–water partition coefficient (Wildman–Crippen LogP) is 1.75. The number of anilines is 1. The maximum Gasteiger partial charge on any atom is 0.254 e. The van der Waals surface area contributed by atoms with Crippen molar-refractivity contribution in [2.75, 3.05) is 5.73 Å². The number of nitrogens with two attached hydrogens (primary N) is 1. The Morgan fingerprint density at radius 1 is 1.29 bits per heavy atom. The van der Waals surface area contributed by atoms with E-state index in [1.807, 2.05) is 20.8 Å². The fourth-order valence-corrected chi connectivity index (χ4v) is 1.78. The number of rotatable bonds is 3. The molecule has 1 aromatic rings. The molecule has 1 rings (SSSR count). The number of benzene rings is 1. The van der Waals surface area contributed by atoms with E-state index in [1.165, 1.54) is 26.0 Å². The van der Waals surface area contributed by atoms with E-state index in [0.717, 1.165) is 0 Å². The predicted molar refractivity (Wildman–Crippen MR) is 80.4 cm³/mol. The first kappa shape index (κ1) is 16.9. The topological polar surface area (TPSA) is 84.2 Å². The molecule has 2 amide bonds. The summed E-state index contributed by atoms with van der Waals surface area (Å²) >= 11 is 0. The molecule has 1 aromatic carbocycles. The highest BCUT2D eigenvalue weighted by atomic mass is 19.1. The SMILES string of the molecule is Cc1cc(N)cc(C(=O)NC(C)C(=O)NC(C)(C)C)c1F. The quantitative estimate of drug-likeness (QED) is 0.743. The lowest BCUT2D eigenvalue weighted by Crippen LogP contribution is -2.50. The summed E-state index contributed by atoms with van der Waals surface area (Å²) in [4.78, 5) is 24.0. The minimum atomic E-state index is -0.780. The summed E-state index contributed by atoms with van der Waals surface area (Å²) < 4.78 is 13.9. The Bertz CT molecular complexity index is 565. The molecule has 0 saturated carbocycles. The molecule has 1 atom stereocenters. The molecular formula is C15H22FN3O2. The lowest BCUT2D eigenvalue weighted by Gasteiger charge is -2.23. The summed E-state index contributed by atoms with van der Waals surface area (Å²) in [5.74, 6) is -1.64. The van der Waals surface area contributed by atoms with Crippen LogP contribution in [0.2, 0.25) is 0 Å². The first-order valence-electron chi connectivity index (χ1n) is 6.70. The second-order valence-electron chi connectivity index (χ2n) is 6.13. The first-order valence-corrected chi connectivity index (χ1v) is 6.70. The van der Waals surface area contributed by atoms with Crippen molar-refractivity contribution in [3.05, 3.63) is 29.1 Å². The summed E-state index contributed by atoms with van der Waals surface area (Å²) in [5.41, 5.74) is 5.62. The van der Waals surface area contributed by atoms with Gasteiger partial charge in [-0.15, -0.1) is 0 Å². The Morgan fingerprint density at radius 3 is 2.38 bits per heavy atom. The van der Waals surface area contributed by atoms with Gasteiger partial charge in [0, 0.05) is 11.2 Å². The van der Waals surface area contributed by atoms with Crippen LogP contribution < -0.4 is 16.4 Å². The molecule has 0 heterocycles. The number of aryl methyl sites for hydroxylation is 1. The summed E-state index contributed by atoms with van der Waals surface area (Å²) in [7, 11) is 0. The first-order chi connectivity index (χ1) is 9.51. The van der Waals surface area contributed by atoms with Crippen LogP contribution in [0.5, 0.6) is 0 Å². The van der Waals surface area contributed by atoms with Gasteiger partial charge in [0.15, 0.2) is 0 Å². The highest BCUT2D eigenvalue weighted by Crippen LogP contribution is 2.17. The Kier molecular flexibility index (Phi) is 4.93. The van der Waals surface area contributed by atoms with Crippen LogP contribution in [0.3, 0.4) is 0 Å². The number of nitrogens with one attached hydrogen (secondary N) is 2. The van der Waals surface area contributed by atoms with Gasteiger partial charge in [-0.2, -0.15) is 0 Å². The third kappa shape index (κ3) is 4.73.